The number of hydrogen-bond acceptors (Lipinski definition) is 3. The zero-order valence-corrected chi connectivity index (χ0v) is 8.92. The van der Waals surface area contributed by atoms with Crippen LogP contribution in [0.2, 0.25) is 0 Å². The van der Waals surface area contributed by atoms with Gasteiger partial charge in [0.25, 0.3) is 0 Å². The molecule has 2 atom stereocenters. The molecule has 0 saturated carbocycles. The summed E-state index contributed by atoms with van der Waals surface area (Å²) in [5.41, 5.74) is 5.87. The smallest absolute Gasteiger partial charge is 0.103 e. The molecule has 13 heavy (non-hydrogen) atoms. The van der Waals surface area contributed by atoms with Crippen molar-refractivity contribution in [3.8, 4) is 0 Å². The normalized spacial score (nSPS) is 16.1. The van der Waals surface area contributed by atoms with Crippen molar-refractivity contribution in [2.45, 2.75) is 32.4 Å². The lowest BCUT2D eigenvalue weighted by Gasteiger charge is -2.19. The van der Waals surface area contributed by atoms with Crippen molar-refractivity contribution in [2.75, 3.05) is 0 Å². The minimum absolute atomic E-state index is 0.140. The van der Waals surface area contributed by atoms with Crippen LogP contribution in [0.1, 0.15) is 31.2 Å². The fourth-order valence-corrected chi connectivity index (χ4v) is 2.13. The van der Waals surface area contributed by atoms with E-state index in [1.54, 1.807) is 11.3 Å². The van der Waals surface area contributed by atoms with Gasteiger partial charge in [0.15, 0.2) is 0 Å². The second-order valence-corrected chi connectivity index (χ2v) is 4.73. The van der Waals surface area contributed by atoms with E-state index in [9.17, 15) is 5.11 Å². The summed E-state index contributed by atoms with van der Waals surface area (Å²) in [6.45, 7) is 4.22. The summed E-state index contributed by atoms with van der Waals surface area (Å²) in [6, 6.07) is 3.72. The third kappa shape index (κ3) is 3.10. The number of thiophene rings is 1. The Labute approximate surface area is 83.4 Å². The van der Waals surface area contributed by atoms with Crippen LogP contribution in [0.15, 0.2) is 17.5 Å². The first-order valence-electron chi connectivity index (χ1n) is 4.58. The van der Waals surface area contributed by atoms with Crippen molar-refractivity contribution < 1.29 is 5.11 Å². The molecule has 0 aliphatic carbocycles. The Morgan fingerprint density at radius 3 is 2.69 bits per heavy atom. The summed E-state index contributed by atoms with van der Waals surface area (Å²) in [6.07, 6.45) is 0.362. The Morgan fingerprint density at radius 2 is 2.23 bits per heavy atom. The Kier molecular flexibility index (Phi) is 3.90. The van der Waals surface area contributed by atoms with Gasteiger partial charge in [0, 0.05) is 10.9 Å². The van der Waals surface area contributed by atoms with Crippen LogP contribution < -0.4 is 5.73 Å². The van der Waals surface area contributed by atoms with E-state index in [0.29, 0.717) is 5.92 Å². The Hall–Kier alpha value is -0.380. The van der Waals surface area contributed by atoms with Crippen LogP contribution in [-0.2, 0) is 0 Å². The molecule has 0 radical (unpaired) electrons. The van der Waals surface area contributed by atoms with Gasteiger partial charge < -0.3 is 10.8 Å². The van der Waals surface area contributed by atoms with Crippen molar-refractivity contribution >= 4 is 11.3 Å². The molecule has 3 heteroatoms. The summed E-state index contributed by atoms with van der Waals surface area (Å²) in [4.78, 5) is 0.966. The van der Waals surface area contributed by atoms with Crippen molar-refractivity contribution in [2.24, 2.45) is 11.7 Å². The first-order valence-corrected chi connectivity index (χ1v) is 5.46. The van der Waals surface area contributed by atoms with Gasteiger partial charge in [0.1, 0.15) is 6.10 Å². The molecule has 0 fully saturated rings. The summed E-state index contributed by atoms with van der Waals surface area (Å²) < 4.78 is 0. The van der Waals surface area contributed by atoms with E-state index in [2.05, 4.69) is 13.8 Å². The van der Waals surface area contributed by atoms with Gasteiger partial charge in [-0.3, -0.25) is 0 Å². The number of rotatable bonds is 4. The van der Waals surface area contributed by atoms with Crippen molar-refractivity contribution in [3.05, 3.63) is 22.4 Å². The molecule has 1 rings (SSSR count). The molecule has 0 aliphatic heterocycles. The SMILES string of the molecule is CC(C)C[C@H](N)[C@@H](O)c1cccs1. The lowest BCUT2D eigenvalue weighted by atomic mass is 9.99. The maximum absolute atomic E-state index is 9.81. The molecule has 0 amide bonds. The molecule has 0 spiro atoms. The topological polar surface area (TPSA) is 46.2 Å². The van der Waals surface area contributed by atoms with E-state index in [1.165, 1.54) is 0 Å². The second kappa shape index (κ2) is 4.74. The number of nitrogens with two attached hydrogens (primary N) is 1. The maximum atomic E-state index is 9.81. The predicted molar refractivity (Wildman–Crippen MR) is 56.7 cm³/mol. The minimum atomic E-state index is -0.498. The van der Waals surface area contributed by atoms with Crippen molar-refractivity contribution in [1.29, 1.82) is 0 Å². The summed E-state index contributed by atoms with van der Waals surface area (Å²) in [5, 5.41) is 11.8. The molecule has 0 bridgehead atoms. The first-order chi connectivity index (χ1) is 6.11. The van der Waals surface area contributed by atoms with Crippen LogP contribution in [0, 0.1) is 5.92 Å². The third-order valence-corrected chi connectivity index (χ3v) is 2.93. The molecular formula is C10H17NOS. The average molecular weight is 199 g/mol. The molecule has 0 aromatic carbocycles. The van der Waals surface area contributed by atoms with E-state index in [0.717, 1.165) is 11.3 Å². The molecule has 0 saturated heterocycles. The Balaban J connectivity index is 2.52. The van der Waals surface area contributed by atoms with Gasteiger partial charge in [-0.1, -0.05) is 19.9 Å². The van der Waals surface area contributed by atoms with Crippen LogP contribution in [0.3, 0.4) is 0 Å². The fourth-order valence-electron chi connectivity index (χ4n) is 1.34. The van der Waals surface area contributed by atoms with Gasteiger partial charge in [-0.15, -0.1) is 11.3 Å². The molecular weight excluding hydrogens is 182 g/mol. The number of hydrogen-bond donors (Lipinski definition) is 2. The van der Waals surface area contributed by atoms with Gasteiger partial charge >= 0.3 is 0 Å². The van der Waals surface area contributed by atoms with E-state index in [4.69, 9.17) is 5.73 Å². The highest BCUT2D eigenvalue weighted by Gasteiger charge is 2.18. The van der Waals surface area contributed by atoms with Crippen LogP contribution >= 0.6 is 11.3 Å². The standard InChI is InChI=1S/C10H17NOS/c1-7(2)6-8(11)10(12)9-4-3-5-13-9/h3-5,7-8,10,12H,6,11H2,1-2H3/t8-,10+/m0/s1. The van der Waals surface area contributed by atoms with E-state index < -0.39 is 6.10 Å². The van der Waals surface area contributed by atoms with Gasteiger partial charge in [-0.25, -0.2) is 0 Å². The highest BCUT2D eigenvalue weighted by molar-refractivity contribution is 7.10. The molecule has 3 N–H and O–H groups in total. The molecule has 0 aliphatic rings. The van der Waals surface area contributed by atoms with Gasteiger partial charge in [0.05, 0.1) is 0 Å². The number of aliphatic hydroxyl groups excluding tert-OH is 1. The van der Waals surface area contributed by atoms with Crippen molar-refractivity contribution in [1.82, 2.24) is 0 Å². The van der Waals surface area contributed by atoms with E-state index in [1.807, 2.05) is 17.5 Å². The summed E-state index contributed by atoms with van der Waals surface area (Å²) in [7, 11) is 0. The first kappa shape index (κ1) is 10.7. The van der Waals surface area contributed by atoms with Crippen LogP contribution in [0.25, 0.3) is 0 Å². The maximum Gasteiger partial charge on any atom is 0.103 e. The van der Waals surface area contributed by atoms with Gasteiger partial charge in [0.2, 0.25) is 0 Å². The molecule has 0 unspecified atom stereocenters. The summed E-state index contributed by atoms with van der Waals surface area (Å²) in [5.74, 6) is 0.532. The van der Waals surface area contributed by atoms with E-state index >= 15 is 0 Å². The lowest BCUT2D eigenvalue weighted by Crippen LogP contribution is -2.29. The van der Waals surface area contributed by atoms with Crippen LogP contribution in [-0.4, -0.2) is 11.1 Å². The van der Waals surface area contributed by atoms with Crippen molar-refractivity contribution in [3.63, 3.8) is 0 Å². The average Bonchev–Trinajstić information content (AvgIpc) is 2.53. The minimum Gasteiger partial charge on any atom is -0.386 e. The summed E-state index contributed by atoms with van der Waals surface area (Å²) >= 11 is 1.56. The highest BCUT2D eigenvalue weighted by Crippen LogP contribution is 2.23. The Bertz CT molecular complexity index is 233. The highest BCUT2D eigenvalue weighted by atomic mass is 32.1. The number of aliphatic hydroxyl groups is 1. The molecule has 1 aromatic rings. The monoisotopic (exact) mass is 199 g/mol. The van der Waals surface area contributed by atoms with Crippen LogP contribution in [0.5, 0.6) is 0 Å². The molecule has 1 heterocycles. The second-order valence-electron chi connectivity index (χ2n) is 3.75. The van der Waals surface area contributed by atoms with Gasteiger partial charge in [-0.2, -0.15) is 0 Å². The quantitative estimate of drug-likeness (QED) is 0.780. The molecule has 2 nitrogen and oxygen atoms in total. The third-order valence-electron chi connectivity index (χ3n) is 1.98. The lowest BCUT2D eigenvalue weighted by molar-refractivity contribution is 0.139. The largest absolute Gasteiger partial charge is 0.386 e. The van der Waals surface area contributed by atoms with E-state index in [-0.39, 0.29) is 6.04 Å². The fraction of sp³-hybridized carbons (Fsp3) is 0.600. The zero-order valence-electron chi connectivity index (χ0n) is 8.10. The molecule has 74 valence electrons. The zero-order chi connectivity index (χ0) is 9.84. The predicted octanol–water partition coefficient (Wildman–Crippen LogP) is 2.15. The van der Waals surface area contributed by atoms with Gasteiger partial charge in [-0.05, 0) is 23.8 Å². The Morgan fingerprint density at radius 1 is 1.54 bits per heavy atom. The van der Waals surface area contributed by atoms with Crippen LogP contribution in [0.4, 0.5) is 0 Å². The molecule has 1 aromatic heterocycles.